The van der Waals surface area contributed by atoms with Crippen molar-refractivity contribution in [3.63, 3.8) is 0 Å². The second kappa shape index (κ2) is 5.24. The van der Waals surface area contributed by atoms with Crippen molar-refractivity contribution in [2.75, 3.05) is 22.8 Å². The Morgan fingerprint density at radius 1 is 1.33 bits per heavy atom. The van der Waals surface area contributed by atoms with E-state index in [1.807, 2.05) is 0 Å². The van der Waals surface area contributed by atoms with E-state index >= 15 is 0 Å². The molecule has 0 aliphatic carbocycles. The second-order valence-corrected chi connectivity index (χ2v) is 6.52. The van der Waals surface area contributed by atoms with Crippen molar-refractivity contribution in [1.82, 2.24) is 0 Å². The van der Waals surface area contributed by atoms with Gasteiger partial charge in [0.2, 0.25) is 10.0 Å². The fraction of sp³-hybridized carbons (Fsp3) is 0.333. The van der Waals surface area contributed by atoms with Gasteiger partial charge >= 0.3 is 11.9 Å². The highest BCUT2D eigenvalue weighted by Crippen LogP contribution is 2.37. The number of hydrogen-bond acceptors (Lipinski definition) is 5. The molecule has 4 N–H and O–H groups in total. The van der Waals surface area contributed by atoms with Gasteiger partial charge in [0.1, 0.15) is 0 Å². The van der Waals surface area contributed by atoms with Crippen LogP contribution in [-0.2, 0) is 14.8 Å². The molecule has 1 heterocycles. The Balaban J connectivity index is 2.63. The van der Waals surface area contributed by atoms with Gasteiger partial charge in [-0.05, 0) is 24.1 Å². The first-order valence-electron chi connectivity index (χ1n) is 6.05. The molecule has 1 aliphatic heterocycles. The van der Waals surface area contributed by atoms with Gasteiger partial charge in [-0.2, -0.15) is 0 Å². The molecule has 8 nitrogen and oxygen atoms in total. The maximum absolute atomic E-state index is 11.3. The zero-order chi connectivity index (χ0) is 15.8. The predicted molar refractivity (Wildman–Crippen MR) is 75.4 cm³/mol. The van der Waals surface area contributed by atoms with Crippen molar-refractivity contribution in [2.24, 2.45) is 0 Å². The quantitative estimate of drug-likeness (QED) is 0.644. The molecular weight excluding hydrogens is 300 g/mol. The van der Waals surface area contributed by atoms with Crippen LogP contribution in [0, 0.1) is 0 Å². The highest BCUT2D eigenvalue weighted by molar-refractivity contribution is 7.92. The number of carbonyl (C=O) groups is 2. The molecule has 2 rings (SSSR count). The molecular formula is C12H14N2O6S. The zero-order valence-electron chi connectivity index (χ0n) is 11.1. The van der Waals surface area contributed by atoms with Crippen molar-refractivity contribution in [1.29, 1.82) is 0 Å². The van der Waals surface area contributed by atoms with Crippen LogP contribution >= 0.6 is 0 Å². The van der Waals surface area contributed by atoms with Crippen LogP contribution in [0.1, 0.15) is 28.3 Å². The molecule has 0 bridgehead atoms. The van der Waals surface area contributed by atoms with Crippen molar-refractivity contribution in [2.45, 2.75) is 12.3 Å². The normalized spacial score (nSPS) is 17.5. The molecule has 1 unspecified atom stereocenters. The van der Waals surface area contributed by atoms with E-state index in [9.17, 15) is 28.2 Å². The number of sulfonamides is 1. The van der Waals surface area contributed by atoms with Crippen LogP contribution in [0.25, 0.3) is 0 Å². The van der Waals surface area contributed by atoms with Gasteiger partial charge in [-0.1, -0.05) is 0 Å². The zero-order valence-corrected chi connectivity index (χ0v) is 11.9. The lowest BCUT2D eigenvalue weighted by molar-refractivity contribution is -0.138. The maximum atomic E-state index is 11.3. The molecule has 1 aromatic carbocycles. The van der Waals surface area contributed by atoms with Gasteiger partial charge < -0.3 is 15.5 Å². The summed E-state index contributed by atoms with van der Waals surface area (Å²) in [5.74, 6) is -3.21. The van der Waals surface area contributed by atoms with Gasteiger partial charge in [0.05, 0.1) is 23.4 Å². The third kappa shape index (κ3) is 3.24. The molecule has 0 fully saturated rings. The van der Waals surface area contributed by atoms with E-state index in [1.165, 1.54) is 12.1 Å². The Morgan fingerprint density at radius 3 is 2.52 bits per heavy atom. The molecule has 1 atom stereocenters. The molecule has 0 aromatic heterocycles. The van der Waals surface area contributed by atoms with E-state index in [0.29, 0.717) is 13.0 Å². The van der Waals surface area contributed by atoms with Crippen LogP contribution in [0.3, 0.4) is 0 Å². The van der Waals surface area contributed by atoms with Crippen LogP contribution in [0.15, 0.2) is 12.1 Å². The average molecular weight is 314 g/mol. The molecule has 0 amide bonds. The molecule has 0 saturated heterocycles. The number of benzene rings is 1. The monoisotopic (exact) mass is 314 g/mol. The van der Waals surface area contributed by atoms with Crippen molar-refractivity contribution < 1.29 is 28.2 Å². The average Bonchev–Trinajstić information content (AvgIpc) is 2.34. The molecule has 1 aromatic rings. The Hall–Kier alpha value is -2.29. The number of aromatic carboxylic acids is 1. The molecule has 0 spiro atoms. The number of hydrogen-bond donors (Lipinski definition) is 4. The molecule has 9 heteroatoms. The predicted octanol–water partition coefficient (Wildman–Crippen LogP) is 0.740. The van der Waals surface area contributed by atoms with Crippen LogP contribution in [0.4, 0.5) is 11.4 Å². The highest BCUT2D eigenvalue weighted by Gasteiger charge is 2.30. The number of fused-ring (bicyclic) bond motifs is 1. The Kier molecular flexibility index (Phi) is 3.77. The van der Waals surface area contributed by atoms with Crippen LogP contribution in [0.2, 0.25) is 0 Å². The first kappa shape index (κ1) is 15.1. The van der Waals surface area contributed by atoms with E-state index in [4.69, 9.17) is 0 Å². The highest BCUT2D eigenvalue weighted by atomic mass is 32.2. The number of carboxylic acid groups (broad SMARTS) is 2. The summed E-state index contributed by atoms with van der Waals surface area (Å²) in [6.07, 6.45) is 1.23. The second-order valence-electron chi connectivity index (χ2n) is 4.77. The molecule has 21 heavy (non-hydrogen) atoms. The fourth-order valence-electron chi connectivity index (χ4n) is 2.33. The number of anilines is 2. The third-order valence-electron chi connectivity index (χ3n) is 3.11. The summed E-state index contributed by atoms with van der Waals surface area (Å²) in [6.45, 7) is 0.336. The minimum atomic E-state index is -3.59. The summed E-state index contributed by atoms with van der Waals surface area (Å²) >= 11 is 0. The summed E-state index contributed by atoms with van der Waals surface area (Å²) in [5, 5.41) is 21.3. The van der Waals surface area contributed by atoms with Gasteiger partial charge in [-0.15, -0.1) is 0 Å². The number of rotatable bonds is 4. The largest absolute Gasteiger partial charge is 0.481 e. The van der Waals surface area contributed by atoms with Gasteiger partial charge in [-0.25, -0.2) is 13.2 Å². The number of nitrogens with one attached hydrogen (secondary N) is 2. The topological polar surface area (TPSA) is 133 Å². The van der Waals surface area contributed by atoms with Crippen LogP contribution in [-0.4, -0.2) is 43.4 Å². The van der Waals surface area contributed by atoms with E-state index < -0.39 is 27.9 Å². The molecule has 0 saturated carbocycles. The minimum absolute atomic E-state index is 0.0311. The Morgan fingerprint density at radius 2 is 2.00 bits per heavy atom. The number of carboxylic acids is 2. The first-order valence-corrected chi connectivity index (χ1v) is 7.94. The lowest BCUT2D eigenvalue weighted by Gasteiger charge is -2.26. The summed E-state index contributed by atoms with van der Waals surface area (Å²) < 4.78 is 24.7. The van der Waals surface area contributed by atoms with Crippen LogP contribution < -0.4 is 10.0 Å². The van der Waals surface area contributed by atoms with E-state index in [-0.39, 0.29) is 22.5 Å². The molecule has 0 radical (unpaired) electrons. The maximum Gasteiger partial charge on any atom is 0.337 e. The van der Waals surface area contributed by atoms with Gasteiger partial charge in [0.25, 0.3) is 0 Å². The molecule has 1 aliphatic rings. The van der Waals surface area contributed by atoms with Gasteiger partial charge in [0, 0.05) is 12.2 Å². The van der Waals surface area contributed by atoms with Gasteiger partial charge in [0.15, 0.2) is 0 Å². The van der Waals surface area contributed by atoms with Crippen molar-refractivity contribution >= 4 is 33.3 Å². The smallest absolute Gasteiger partial charge is 0.337 e. The van der Waals surface area contributed by atoms with E-state index in [1.54, 1.807) is 0 Å². The summed E-state index contributed by atoms with van der Waals surface area (Å²) in [7, 11) is -3.59. The fourth-order valence-corrected chi connectivity index (χ4v) is 2.88. The van der Waals surface area contributed by atoms with Crippen molar-refractivity contribution in [3.8, 4) is 0 Å². The van der Waals surface area contributed by atoms with Gasteiger partial charge in [-0.3, -0.25) is 9.52 Å². The summed E-state index contributed by atoms with van der Waals surface area (Å²) in [4.78, 5) is 22.6. The lowest BCUT2D eigenvalue weighted by atomic mass is 9.88. The minimum Gasteiger partial charge on any atom is -0.481 e. The lowest BCUT2D eigenvalue weighted by Crippen LogP contribution is -2.25. The Bertz CT molecular complexity index is 713. The SMILES string of the molecule is CS(=O)(=O)Nc1cc(C(=O)O)c2c(c1)C(C(=O)O)CCN2. The third-order valence-corrected chi connectivity index (χ3v) is 3.72. The van der Waals surface area contributed by atoms with E-state index in [0.717, 1.165) is 6.26 Å². The van der Waals surface area contributed by atoms with Crippen LogP contribution in [0.5, 0.6) is 0 Å². The standard InChI is InChI=1S/C12H14N2O6S/c1-21(19,20)14-6-4-8-7(11(15)16)2-3-13-10(8)9(5-6)12(17)18/h4-5,7,13-14H,2-3H2,1H3,(H,15,16)(H,17,18). The summed E-state index contributed by atoms with van der Waals surface area (Å²) in [5.41, 5.74) is 0.355. The van der Waals surface area contributed by atoms with E-state index in [2.05, 4.69) is 10.0 Å². The first-order chi connectivity index (χ1) is 9.69. The number of aliphatic carboxylic acids is 1. The Labute approximate surface area is 120 Å². The summed E-state index contributed by atoms with van der Waals surface area (Å²) in [6, 6.07) is 2.52. The molecule has 114 valence electrons. The van der Waals surface area contributed by atoms with Crippen molar-refractivity contribution in [3.05, 3.63) is 23.3 Å².